The molecule has 0 bridgehead atoms. The molecule has 0 aromatic heterocycles. The lowest BCUT2D eigenvalue weighted by atomic mass is 10.0. The van der Waals surface area contributed by atoms with Crippen molar-refractivity contribution in [1.29, 1.82) is 5.26 Å². The van der Waals surface area contributed by atoms with Crippen LogP contribution in [0.15, 0.2) is 77.3 Å². The lowest BCUT2D eigenvalue weighted by Crippen LogP contribution is -2.13. The standard InChI is InChI=1S/C27H21BrCl2N2O2/c1-3-6-19-11-18(13-23(28)26(19)34-16-20-7-4-5-8-24(20)29)12-21(15-31)27(33)32-22-10-9-17(2)25(30)14-22/h3-5,7-14H,1,6,16H2,2H3,(H,32,33)/b21-12-. The number of aryl methyl sites for hydroxylation is 1. The van der Waals surface area contributed by atoms with E-state index >= 15 is 0 Å². The van der Waals surface area contributed by atoms with Gasteiger partial charge in [-0.3, -0.25) is 4.79 Å². The van der Waals surface area contributed by atoms with Gasteiger partial charge in [-0.1, -0.05) is 53.5 Å². The van der Waals surface area contributed by atoms with Crippen molar-refractivity contribution in [3.05, 3.63) is 110 Å². The summed E-state index contributed by atoms with van der Waals surface area (Å²) >= 11 is 15.9. The lowest BCUT2D eigenvalue weighted by Gasteiger charge is -2.15. The predicted molar refractivity (Wildman–Crippen MR) is 142 cm³/mol. The SMILES string of the molecule is C=CCc1cc(/C=C(/C#N)C(=O)Nc2ccc(C)c(Cl)c2)cc(Br)c1OCc1ccccc1Cl. The van der Waals surface area contributed by atoms with Gasteiger partial charge in [0.15, 0.2) is 0 Å². The maximum Gasteiger partial charge on any atom is 0.266 e. The Morgan fingerprint density at radius 1 is 1.15 bits per heavy atom. The van der Waals surface area contributed by atoms with E-state index in [-0.39, 0.29) is 5.57 Å². The molecule has 7 heteroatoms. The monoisotopic (exact) mass is 554 g/mol. The molecule has 0 atom stereocenters. The molecule has 1 N–H and O–H groups in total. The number of carbonyl (C=O) groups is 1. The van der Waals surface area contributed by atoms with Crippen molar-refractivity contribution in [2.45, 2.75) is 20.0 Å². The average Bonchev–Trinajstić information content (AvgIpc) is 2.80. The number of carbonyl (C=O) groups excluding carboxylic acids is 1. The van der Waals surface area contributed by atoms with E-state index in [1.165, 1.54) is 6.08 Å². The Labute approximate surface area is 217 Å². The van der Waals surface area contributed by atoms with E-state index in [1.807, 2.05) is 43.3 Å². The first kappa shape index (κ1) is 25.6. The second kappa shape index (κ2) is 11.9. The van der Waals surface area contributed by atoms with Crippen molar-refractivity contribution in [1.82, 2.24) is 0 Å². The zero-order chi connectivity index (χ0) is 24.7. The fourth-order valence-electron chi connectivity index (χ4n) is 3.18. The van der Waals surface area contributed by atoms with Gasteiger partial charge in [0.2, 0.25) is 0 Å². The number of hydrogen-bond donors (Lipinski definition) is 1. The summed E-state index contributed by atoms with van der Waals surface area (Å²) in [7, 11) is 0. The van der Waals surface area contributed by atoms with Gasteiger partial charge in [-0.15, -0.1) is 6.58 Å². The maximum atomic E-state index is 12.7. The Hall–Kier alpha value is -3.04. The summed E-state index contributed by atoms with van der Waals surface area (Å²) in [5.74, 6) is 0.122. The number of anilines is 1. The summed E-state index contributed by atoms with van der Waals surface area (Å²) in [5, 5.41) is 13.5. The van der Waals surface area contributed by atoms with E-state index in [1.54, 1.807) is 30.3 Å². The molecule has 0 fully saturated rings. The highest BCUT2D eigenvalue weighted by Crippen LogP contribution is 2.33. The van der Waals surface area contributed by atoms with E-state index in [4.69, 9.17) is 27.9 Å². The van der Waals surface area contributed by atoms with Gasteiger partial charge >= 0.3 is 0 Å². The van der Waals surface area contributed by atoms with Crippen LogP contribution in [0, 0.1) is 18.3 Å². The van der Waals surface area contributed by atoms with Crippen LogP contribution in [0.5, 0.6) is 5.75 Å². The van der Waals surface area contributed by atoms with Gasteiger partial charge < -0.3 is 10.1 Å². The normalized spacial score (nSPS) is 11.0. The quantitative estimate of drug-likeness (QED) is 0.174. The van der Waals surface area contributed by atoms with Crippen molar-refractivity contribution in [2.24, 2.45) is 0 Å². The summed E-state index contributed by atoms with van der Waals surface area (Å²) in [4.78, 5) is 12.7. The lowest BCUT2D eigenvalue weighted by molar-refractivity contribution is -0.112. The van der Waals surface area contributed by atoms with E-state index in [0.29, 0.717) is 44.5 Å². The minimum absolute atomic E-state index is 0.0436. The molecular formula is C27H21BrCl2N2O2. The third kappa shape index (κ3) is 6.51. The summed E-state index contributed by atoms with van der Waals surface area (Å²) in [6, 6.07) is 18.3. The van der Waals surface area contributed by atoms with Gasteiger partial charge in [0.05, 0.1) is 4.47 Å². The van der Waals surface area contributed by atoms with Crippen LogP contribution < -0.4 is 10.1 Å². The van der Waals surface area contributed by atoms with Crippen LogP contribution >= 0.6 is 39.1 Å². The number of benzene rings is 3. The molecule has 0 spiro atoms. The number of hydrogen-bond acceptors (Lipinski definition) is 3. The van der Waals surface area contributed by atoms with Crippen LogP contribution in [0.3, 0.4) is 0 Å². The van der Waals surface area contributed by atoms with Crippen LogP contribution in [0.25, 0.3) is 6.08 Å². The molecule has 0 aliphatic heterocycles. The maximum absolute atomic E-state index is 12.7. The molecule has 0 aliphatic carbocycles. The van der Waals surface area contributed by atoms with Crippen LogP contribution in [-0.4, -0.2) is 5.91 Å². The zero-order valence-corrected chi connectivity index (χ0v) is 21.5. The third-order valence-electron chi connectivity index (χ3n) is 4.94. The Balaban J connectivity index is 1.86. The molecule has 0 unspecified atom stereocenters. The molecular weight excluding hydrogens is 535 g/mol. The number of nitrogens with zero attached hydrogens (tertiary/aromatic N) is 1. The molecule has 172 valence electrons. The van der Waals surface area contributed by atoms with Gasteiger partial charge in [-0.25, -0.2) is 0 Å². The second-order valence-electron chi connectivity index (χ2n) is 7.45. The number of ether oxygens (including phenoxy) is 1. The first-order valence-corrected chi connectivity index (χ1v) is 11.9. The summed E-state index contributed by atoms with van der Waals surface area (Å²) < 4.78 is 6.75. The number of nitrogens with one attached hydrogen (secondary N) is 1. The van der Waals surface area contributed by atoms with Gasteiger partial charge in [-0.2, -0.15) is 5.26 Å². The van der Waals surface area contributed by atoms with E-state index in [0.717, 1.165) is 16.7 Å². The van der Waals surface area contributed by atoms with Crippen molar-refractivity contribution in [3.8, 4) is 11.8 Å². The molecule has 0 heterocycles. The number of amides is 1. The molecule has 34 heavy (non-hydrogen) atoms. The third-order valence-corrected chi connectivity index (χ3v) is 6.31. The van der Waals surface area contributed by atoms with Crippen LogP contribution in [0.2, 0.25) is 10.0 Å². The highest BCUT2D eigenvalue weighted by atomic mass is 79.9. The highest BCUT2D eigenvalue weighted by Gasteiger charge is 2.14. The van der Waals surface area contributed by atoms with Crippen molar-refractivity contribution >= 4 is 56.8 Å². The minimum Gasteiger partial charge on any atom is -0.487 e. The van der Waals surface area contributed by atoms with Crippen molar-refractivity contribution < 1.29 is 9.53 Å². The number of halogens is 3. The van der Waals surface area contributed by atoms with Gasteiger partial charge in [-0.05, 0) is 82.4 Å². The molecule has 0 radical (unpaired) electrons. The van der Waals surface area contributed by atoms with Gasteiger partial charge in [0.1, 0.15) is 24.0 Å². The first-order valence-electron chi connectivity index (χ1n) is 10.3. The summed E-state index contributed by atoms with van der Waals surface area (Å²) in [6.07, 6.45) is 3.82. The predicted octanol–water partition coefficient (Wildman–Crippen LogP) is 7.92. The topological polar surface area (TPSA) is 62.1 Å². The summed E-state index contributed by atoms with van der Waals surface area (Å²) in [5.41, 5.74) is 3.75. The summed E-state index contributed by atoms with van der Waals surface area (Å²) in [6.45, 7) is 5.98. The fraction of sp³-hybridized carbons (Fsp3) is 0.111. The van der Waals surface area contributed by atoms with E-state index in [2.05, 4.69) is 27.8 Å². The average molecular weight is 556 g/mol. The van der Waals surface area contributed by atoms with E-state index < -0.39 is 5.91 Å². The number of nitriles is 1. The number of rotatable bonds is 8. The van der Waals surface area contributed by atoms with Crippen molar-refractivity contribution in [3.63, 3.8) is 0 Å². The van der Waals surface area contributed by atoms with Crippen LogP contribution in [-0.2, 0) is 17.8 Å². The van der Waals surface area contributed by atoms with Crippen LogP contribution in [0.4, 0.5) is 5.69 Å². The van der Waals surface area contributed by atoms with Crippen molar-refractivity contribution in [2.75, 3.05) is 5.32 Å². The highest BCUT2D eigenvalue weighted by molar-refractivity contribution is 9.10. The molecule has 0 aliphatic rings. The number of allylic oxidation sites excluding steroid dienone is 1. The van der Waals surface area contributed by atoms with Gasteiger partial charge in [0, 0.05) is 21.3 Å². The molecule has 0 saturated carbocycles. The molecule has 3 aromatic rings. The largest absolute Gasteiger partial charge is 0.487 e. The smallest absolute Gasteiger partial charge is 0.266 e. The Morgan fingerprint density at radius 2 is 1.91 bits per heavy atom. The molecule has 1 amide bonds. The molecule has 0 saturated heterocycles. The Morgan fingerprint density at radius 3 is 2.59 bits per heavy atom. The Kier molecular flexibility index (Phi) is 8.95. The second-order valence-corrected chi connectivity index (χ2v) is 9.12. The van der Waals surface area contributed by atoms with E-state index in [9.17, 15) is 10.1 Å². The van der Waals surface area contributed by atoms with Crippen LogP contribution in [0.1, 0.15) is 22.3 Å². The molecule has 3 rings (SSSR count). The molecule has 3 aromatic carbocycles. The first-order chi connectivity index (χ1) is 16.3. The minimum atomic E-state index is -0.525. The van der Waals surface area contributed by atoms with Gasteiger partial charge in [0.25, 0.3) is 5.91 Å². The Bertz CT molecular complexity index is 1310. The molecule has 4 nitrogen and oxygen atoms in total. The zero-order valence-electron chi connectivity index (χ0n) is 18.4. The fourth-order valence-corrected chi connectivity index (χ4v) is 4.18.